The lowest BCUT2D eigenvalue weighted by atomic mass is 10.0. The first-order valence-corrected chi connectivity index (χ1v) is 24.5. The third-order valence-electron chi connectivity index (χ3n) is 11.1. The number of rotatable bonds is 45. The Kier molecular flexibility index (Phi) is 43.8. The van der Waals surface area contributed by atoms with Crippen molar-refractivity contribution in [1.82, 2.24) is 0 Å². The van der Waals surface area contributed by atoms with Crippen LogP contribution in [0.25, 0.3) is 0 Å². The summed E-state index contributed by atoms with van der Waals surface area (Å²) in [5.41, 5.74) is 0. The molecule has 0 heterocycles. The predicted molar refractivity (Wildman–Crippen MR) is 233 cm³/mol. The summed E-state index contributed by atoms with van der Waals surface area (Å²) >= 11 is 0. The second kappa shape index (κ2) is 45.1. The average Bonchev–Trinajstić information content (AvgIpc) is 3.18. The molecule has 0 aliphatic rings. The molecule has 0 aromatic rings. The van der Waals surface area contributed by atoms with Crippen LogP contribution >= 0.6 is 0 Å². The summed E-state index contributed by atoms with van der Waals surface area (Å²) in [5, 5.41) is 0. The van der Waals surface area contributed by atoms with E-state index in [0.29, 0.717) is 19.3 Å². The third-order valence-corrected chi connectivity index (χ3v) is 11.1. The third kappa shape index (κ3) is 43.4. The van der Waals surface area contributed by atoms with Crippen LogP contribution in [-0.2, 0) is 28.6 Å². The highest BCUT2D eigenvalue weighted by Gasteiger charge is 2.19. The van der Waals surface area contributed by atoms with Crippen LogP contribution < -0.4 is 0 Å². The van der Waals surface area contributed by atoms with E-state index in [1.54, 1.807) is 0 Å². The second-order valence-corrected chi connectivity index (χ2v) is 16.7. The van der Waals surface area contributed by atoms with Gasteiger partial charge in [-0.3, -0.25) is 14.4 Å². The van der Waals surface area contributed by atoms with E-state index in [0.717, 1.165) is 57.8 Å². The maximum atomic E-state index is 12.6. The van der Waals surface area contributed by atoms with Crippen molar-refractivity contribution in [3.63, 3.8) is 0 Å². The number of unbranched alkanes of at least 4 members (excludes halogenated alkanes) is 34. The number of carbonyl (C=O) groups is 3. The molecule has 0 aromatic carbocycles. The first-order chi connectivity index (χ1) is 27.0. The Bertz CT molecular complexity index is 813. The summed E-state index contributed by atoms with van der Waals surface area (Å²) < 4.78 is 16.7. The minimum atomic E-state index is -0.757. The van der Waals surface area contributed by atoms with E-state index in [-0.39, 0.29) is 31.1 Å². The Morgan fingerprint density at radius 1 is 0.291 bits per heavy atom. The molecule has 0 N–H and O–H groups in total. The molecule has 0 aromatic heterocycles. The lowest BCUT2D eigenvalue weighted by Crippen LogP contribution is -2.30. The summed E-state index contributed by atoms with van der Waals surface area (Å²) in [6.45, 7) is 6.61. The SMILES string of the molecule is CCCCCCCCCCCCCCCCCCCCCCCC(=O)OCC(COC(=O)CCCCCCCCCC)OC(=O)CCCCCCCCCC. The topological polar surface area (TPSA) is 78.9 Å². The lowest BCUT2D eigenvalue weighted by Gasteiger charge is -2.18. The molecule has 0 fully saturated rings. The molecule has 0 radical (unpaired) electrons. The van der Waals surface area contributed by atoms with Crippen molar-refractivity contribution in [2.75, 3.05) is 13.2 Å². The van der Waals surface area contributed by atoms with Gasteiger partial charge in [0.25, 0.3) is 0 Å². The molecular formula is C49H94O6. The van der Waals surface area contributed by atoms with E-state index in [9.17, 15) is 14.4 Å². The second-order valence-electron chi connectivity index (χ2n) is 16.7. The van der Waals surface area contributed by atoms with Crippen LogP contribution in [0, 0.1) is 0 Å². The van der Waals surface area contributed by atoms with E-state index < -0.39 is 6.10 Å². The number of hydrogen-bond donors (Lipinski definition) is 0. The molecule has 0 saturated carbocycles. The minimum absolute atomic E-state index is 0.0632. The molecule has 1 unspecified atom stereocenters. The largest absolute Gasteiger partial charge is 0.462 e. The Labute approximate surface area is 342 Å². The van der Waals surface area contributed by atoms with Gasteiger partial charge in [-0.15, -0.1) is 0 Å². The molecule has 6 nitrogen and oxygen atoms in total. The molecule has 55 heavy (non-hydrogen) atoms. The van der Waals surface area contributed by atoms with Gasteiger partial charge in [-0.1, -0.05) is 239 Å². The highest BCUT2D eigenvalue weighted by molar-refractivity contribution is 5.71. The van der Waals surface area contributed by atoms with Crippen LogP contribution in [0.15, 0.2) is 0 Å². The van der Waals surface area contributed by atoms with Gasteiger partial charge in [0.05, 0.1) is 0 Å². The molecule has 0 aliphatic carbocycles. The maximum absolute atomic E-state index is 12.6. The van der Waals surface area contributed by atoms with Gasteiger partial charge in [0.1, 0.15) is 13.2 Å². The van der Waals surface area contributed by atoms with Crippen LogP contribution in [0.3, 0.4) is 0 Å². The molecule has 1 atom stereocenters. The first kappa shape index (κ1) is 53.4. The van der Waals surface area contributed by atoms with Gasteiger partial charge in [-0.25, -0.2) is 0 Å². The Hall–Kier alpha value is -1.59. The van der Waals surface area contributed by atoms with E-state index in [1.807, 2.05) is 0 Å². The molecule has 0 saturated heterocycles. The van der Waals surface area contributed by atoms with Crippen LogP contribution in [0.2, 0.25) is 0 Å². The standard InChI is InChI=1S/C49H94O6/c1-4-7-10-13-16-19-20-21-22-23-24-25-26-27-28-29-30-31-34-36-39-42-48(51)54-45-46(55-49(52)43-40-37-33-18-15-12-9-6-3)44-53-47(50)41-38-35-32-17-14-11-8-5-2/h46H,4-45H2,1-3H3. The molecule has 0 spiro atoms. The fourth-order valence-electron chi connectivity index (χ4n) is 7.38. The monoisotopic (exact) mass is 779 g/mol. The van der Waals surface area contributed by atoms with Gasteiger partial charge in [-0.05, 0) is 19.3 Å². The van der Waals surface area contributed by atoms with Crippen LogP contribution in [0.4, 0.5) is 0 Å². The van der Waals surface area contributed by atoms with Crippen molar-refractivity contribution in [2.24, 2.45) is 0 Å². The van der Waals surface area contributed by atoms with Crippen molar-refractivity contribution in [1.29, 1.82) is 0 Å². The molecular weight excluding hydrogens is 685 g/mol. The predicted octanol–water partition coefficient (Wildman–Crippen LogP) is 15.6. The fourth-order valence-corrected chi connectivity index (χ4v) is 7.38. The van der Waals surface area contributed by atoms with Crippen molar-refractivity contribution in [2.45, 2.75) is 284 Å². The van der Waals surface area contributed by atoms with Gasteiger partial charge >= 0.3 is 17.9 Å². The normalized spacial score (nSPS) is 11.8. The fraction of sp³-hybridized carbons (Fsp3) is 0.939. The highest BCUT2D eigenvalue weighted by Crippen LogP contribution is 2.16. The van der Waals surface area contributed by atoms with Crippen molar-refractivity contribution in [3.8, 4) is 0 Å². The summed E-state index contributed by atoms with van der Waals surface area (Å²) in [5.74, 6) is -0.858. The number of hydrogen-bond acceptors (Lipinski definition) is 6. The summed E-state index contributed by atoms with van der Waals surface area (Å²) in [6, 6.07) is 0. The summed E-state index contributed by atoms with van der Waals surface area (Å²) in [7, 11) is 0. The molecule has 0 rings (SSSR count). The molecule has 0 aliphatic heterocycles. The van der Waals surface area contributed by atoms with Crippen LogP contribution in [0.5, 0.6) is 0 Å². The summed E-state index contributed by atoms with van der Waals surface area (Å²) in [6.07, 6.45) is 46.8. The number of ether oxygens (including phenoxy) is 3. The van der Waals surface area contributed by atoms with E-state index >= 15 is 0 Å². The first-order valence-electron chi connectivity index (χ1n) is 24.5. The Morgan fingerprint density at radius 2 is 0.491 bits per heavy atom. The Balaban J connectivity index is 4.07. The zero-order valence-corrected chi connectivity index (χ0v) is 37.2. The minimum Gasteiger partial charge on any atom is -0.462 e. The quantitative estimate of drug-likeness (QED) is 0.0348. The number of carbonyl (C=O) groups excluding carboxylic acids is 3. The van der Waals surface area contributed by atoms with E-state index in [4.69, 9.17) is 14.2 Å². The van der Waals surface area contributed by atoms with Crippen molar-refractivity contribution in [3.05, 3.63) is 0 Å². The molecule has 6 heteroatoms. The molecule has 0 bridgehead atoms. The van der Waals surface area contributed by atoms with Crippen molar-refractivity contribution < 1.29 is 28.6 Å². The van der Waals surface area contributed by atoms with Crippen LogP contribution in [-0.4, -0.2) is 37.2 Å². The van der Waals surface area contributed by atoms with Gasteiger partial charge in [0, 0.05) is 19.3 Å². The highest BCUT2D eigenvalue weighted by atomic mass is 16.6. The van der Waals surface area contributed by atoms with Crippen LogP contribution in [0.1, 0.15) is 278 Å². The van der Waals surface area contributed by atoms with Gasteiger partial charge in [0.2, 0.25) is 0 Å². The van der Waals surface area contributed by atoms with Gasteiger partial charge in [0.15, 0.2) is 6.10 Å². The molecule has 0 amide bonds. The number of esters is 3. The van der Waals surface area contributed by atoms with E-state index in [1.165, 1.54) is 180 Å². The van der Waals surface area contributed by atoms with E-state index in [2.05, 4.69) is 20.8 Å². The summed E-state index contributed by atoms with van der Waals surface area (Å²) in [4.78, 5) is 37.6. The zero-order valence-electron chi connectivity index (χ0n) is 37.2. The van der Waals surface area contributed by atoms with Crippen molar-refractivity contribution >= 4 is 17.9 Å². The lowest BCUT2D eigenvalue weighted by molar-refractivity contribution is -0.167. The average molecular weight is 779 g/mol. The maximum Gasteiger partial charge on any atom is 0.306 e. The smallest absolute Gasteiger partial charge is 0.306 e. The van der Waals surface area contributed by atoms with Gasteiger partial charge < -0.3 is 14.2 Å². The zero-order chi connectivity index (χ0) is 40.1. The van der Waals surface area contributed by atoms with Gasteiger partial charge in [-0.2, -0.15) is 0 Å². The Morgan fingerprint density at radius 3 is 0.727 bits per heavy atom. The molecule has 326 valence electrons.